The van der Waals surface area contributed by atoms with Crippen molar-refractivity contribution in [3.8, 4) is 11.4 Å². The molecular weight excluding hydrogens is 324 g/mol. The predicted octanol–water partition coefficient (Wildman–Crippen LogP) is 3.17. The number of hydrogen-bond acceptors (Lipinski definition) is 4. The van der Waals surface area contributed by atoms with E-state index in [2.05, 4.69) is 0 Å². The minimum Gasteiger partial charge on any atom is -0.481 e. The quantitative estimate of drug-likeness (QED) is 0.778. The van der Waals surface area contributed by atoms with E-state index < -0.39 is 11.9 Å². The lowest BCUT2D eigenvalue weighted by Gasteiger charge is -2.19. The van der Waals surface area contributed by atoms with E-state index in [4.69, 9.17) is 4.98 Å². The molecule has 5 nitrogen and oxygen atoms in total. The zero-order valence-corrected chi connectivity index (χ0v) is 14.0. The van der Waals surface area contributed by atoms with Gasteiger partial charge in [0.15, 0.2) is 0 Å². The first kappa shape index (κ1) is 15.1. The Morgan fingerprint density at radius 2 is 2.08 bits per heavy atom. The Balaban J connectivity index is 2.03. The average Bonchev–Trinajstić information content (AvgIpc) is 2.97. The summed E-state index contributed by atoms with van der Waals surface area (Å²) < 4.78 is 1.53. The van der Waals surface area contributed by atoms with Crippen LogP contribution in [0.1, 0.15) is 29.2 Å². The largest absolute Gasteiger partial charge is 0.481 e. The van der Waals surface area contributed by atoms with Gasteiger partial charge in [0.25, 0.3) is 5.56 Å². The van der Waals surface area contributed by atoms with Crippen molar-refractivity contribution < 1.29 is 9.90 Å². The summed E-state index contributed by atoms with van der Waals surface area (Å²) in [6, 6.07) is 9.57. The summed E-state index contributed by atoms with van der Waals surface area (Å²) in [5, 5.41) is 10.0. The lowest BCUT2D eigenvalue weighted by Crippen LogP contribution is -2.23. The van der Waals surface area contributed by atoms with Crippen LogP contribution in [-0.4, -0.2) is 20.6 Å². The summed E-state index contributed by atoms with van der Waals surface area (Å²) in [6.45, 7) is 0. The Morgan fingerprint density at radius 1 is 1.33 bits per heavy atom. The minimum absolute atomic E-state index is 0.162. The Morgan fingerprint density at radius 3 is 2.79 bits per heavy atom. The standard InChI is InChI=1S/C18H16N2O3S/c1-20-15(10-6-3-2-4-7-10)19-16-14(17(20)21)13-11(18(22)23)8-5-9-12(13)24-16/h2-4,6-7,11H,5,8-9H2,1H3,(H,22,23). The van der Waals surface area contributed by atoms with E-state index in [0.29, 0.717) is 28.0 Å². The molecule has 1 aromatic carbocycles. The van der Waals surface area contributed by atoms with Crippen molar-refractivity contribution in [1.82, 2.24) is 9.55 Å². The number of aliphatic carboxylic acids is 1. The summed E-state index contributed by atoms with van der Waals surface area (Å²) in [6.07, 6.45) is 2.24. The van der Waals surface area contributed by atoms with E-state index in [1.165, 1.54) is 15.9 Å². The molecule has 1 unspecified atom stereocenters. The zero-order valence-electron chi connectivity index (χ0n) is 13.2. The van der Waals surface area contributed by atoms with Crippen LogP contribution in [0.25, 0.3) is 21.6 Å². The molecule has 3 aromatic rings. The molecule has 4 rings (SSSR count). The number of aryl methyl sites for hydroxylation is 1. The number of benzene rings is 1. The number of nitrogens with zero attached hydrogens (tertiary/aromatic N) is 2. The third-order valence-electron chi connectivity index (χ3n) is 4.62. The second-order valence-corrected chi connectivity index (χ2v) is 7.15. The first-order chi connectivity index (χ1) is 11.6. The molecule has 0 aliphatic heterocycles. The molecule has 1 aliphatic carbocycles. The van der Waals surface area contributed by atoms with Crippen molar-refractivity contribution in [1.29, 1.82) is 0 Å². The van der Waals surface area contributed by atoms with Crippen molar-refractivity contribution in [3.05, 3.63) is 51.1 Å². The zero-order chi connectivity index (χ0) is 16.8. The van der Waals surface area contributed by atoms with E-state index in [-0.39, 0.29) is 5.56 Å². The topological polar surface area (TPSA) is 72.2 Å². The van der Waals surface area contributed by atoms with Crippen LogP contribution in [-0.2, 0) is 18.3 Å². The SMILES string of the molecule is Cn1c(-c2ccccc2)nc2sc3c(c2c1=O)C(C(=O)O)CCC3. The van der Waals surface area contributed by atoms with Crippen molar-refractivity contribution in [2.24, 2.45) is 7.05 Å². The van der Waals surface area contributed by atoms with Crippen LogP contribution >= 0.6 is 11.3 Å². The molecule has 0 radical (unpaired) electrons. The summed E-state index contributed by atoms with van der Waals surface area (Å²) in [4.78, 5) is 30.9. The van der Waals surface area contributed by atoms with Gasteiger partial charge in [0.1, 0.15) is 10.7 Å². The molecule has 0 amide bonds. The molecule has 24 heavy (non-hydrogen) atoms. The second-order valence-electron chi connectivity index (χ2n) is 6.07. The number of aromatic nitrogens is 2. The highest BCUT2D eigenvalue weighted by molar-refractivity contribution is 7.18. The minimum atomic E-state index is -0.857. The normalized spacial score (nSPS) is 17.0. The van der Waals surface area contributed by atoms with Gasteiger partial charge in [-0.3, -0.25) is 14.2 Å². The third-order valence-corrected chi connectivity index (χ3v) is 5.78. The van der Waals surface area contributed by atoms with Crippen LogP contribution in [0.2, 0.25) is 0 Å². The van der Waals surface area contributed by atoms with Crippen LogP contribution in [0, 0.1) is 0 Å². The van der Waals surface area contributed by atoms with Crippen LogP contribution in [0.5, 0.6) is 0 Å². The summed E-state index contributed by atoms with van der Waals surface area (Å²) in [7, 11) is 1.69. The van der Waals surface area contributed by atoms with E-state index in [1.807, 2.05) is 30.3 Å². The van der Waals surface area contributed by atoms with Crippen molar-refractivity contribution in [2.45, 2.75) is 25.2 Å². The number of rotatable bonds is 2. The van der Waals surface area contributed by atoms with Crippen LogP contribution < -0.4 is 5.56 Å². The third kappa shape index (κ3) is 2.17. The molecular formula is C18H16N2O3S. The van der Waals surface area contributed by atoms with Gasteiger partial charge in [-0.05, 0) is 24.8 Å². The van der Waals surface area contributed by atoms with Crippen molar-refractivity contribution in [3.63, 3.8) is 0 Å². The van der Waals surface area contributed by atoms with E-state index >= 15 is 0 Å². The van der Waals surface area contributed by atoms with Gasteiger partial charge in [-0.25, -0.2) is 4.98 Å². The number of carboxylic acid groups (broad SMARTS) is 1. The second kappa shape index (κ2) is 5.56. The molecule has 2 heterocycles. The Labute approximate surface area is 142 Å². The predicted molar refractivity (Wildman–Crippen MR) is 93.6 cm³/mol. The van der Waals surface area contributed by atoms with Crippen LogP contribution in [0.4, 0.5) is 0 Å². The highest BCUT2D eigenvalue weighted by atomic mass is 32.1. The molecule has 1 N–H and O–H groups in total. The molecule has 0 saturated carbocycles. The number of thiophene rings is 1. The van der Waals surface area contributed by atoms with Crippen molar-refractivity contribution >= 4 is 27.5 Å². The first-order valence-corrected chi connectivity index (χ1v) is 8.70. The van der Waals surface area contributed by atoms with E-state index in [1.54, 1.807) is 7.05 Å². The van der Waals surface area contributed by atoms with Gasteiger partial charge in [0.05, 0.1) is 11.3 Å². The summed E-state index contributed by atoms with van der Waals surface area (Å²) in [5.74, 6) is -0.844. The Bertz CT molecular complexity index is 1000. The van der Waals surface area contributed by atoms with Crippen molar-refractivity contribution in [2.75, 3.05) is 0 Å². The van der Waals surface area contributed by atoms with Gasteiger partial charge in [0, 0.05) is 17.5 Å². The van der Waals surface area contributed by atoms with Gasteiger partial charge in [-0.15, -0.1) is 11.3 Å². The Hall–Kier alpha value is -2.47. The monoisotopic (exact) mass is 340 g/mol. The smallest absolute Gasteiger partial charge is 0.311 e. The molecule has 0 bridgehead atoms. The maximum atomic E-state index is 13.0. The van der Waals surface area contributed by atoms with Crippen LogP contribution in [0.15, 0.2) is 35.1 Å². The van der Waals surface area contributed by atoms with Crippen LogP contribution in [0.3, 0.4) is 0 Å². The summed E-state index contributed by atoms with van der Waals surface area (Å²) >= 11 is 1.46. The van der Waals surface area contributed by atoms with E-state index in [9.17, 15) is 14.7 Å². The molecule has 0 spiro atoms. The molecule has 2 aromatic heterocycles. The fourth-order valence-corrected chi connectivity index (χ4v) is 4.72. The number of carboxylic acids is 1. The maximum Gasteiger partial charge on any atom is 0.311 e. The fraction of sp³-hybridized carbons (Fsp3) is 0.278. The number of carbonyl (C=O) groups is 1. The summed E-state index contributed by atoms with van der Waals surface area (Å²) in [5.41, 5.74) is 1.41. The lowest BCUT2D eigenvalue weighted by atomic mass is 9.86. The molecule has 0 saturated heterocycles. The first-order valence-electron chi connectivity index (χ1n) is 7.88. The lowest BCUT2D eigenvalue weighted by molar-refractivity contribution is -0.139. The van der Waals surface area contributed by atoms with Gasteiger partial charge < -0.3 is 5.11 Å². The van der Waals surface area contributed by atoms with Gasteiger partial charge >= 0.3 is 5.97 Å². The Kier molecular flexibility index (Phi) is 3.49. The average molecular weight is 340 g/mol. The molecule has 6 heteroatoms. The number of fused-ring (bicyclic) bond motifs is 3. The maximum absolute atomic E-state index is 13.0. The van der Waals surface area contributed by atoms with E-state index in [0.717, 1.165) is 23.3 Å². The van der Waals surface area contributed by atoms with Gasteiger partial charge in [-0.2, -0.15) is 0 Å². The van der Waals surface area contributed by atoms with Gasteiger partial charge in [0.2, 0.25) is 0 Å². The highest BCUT2D eigenvalue weighted by Crippen LogP contribution is 2.41. The molecule has 1 aliphatic rings. The highest BCUT2D eigenvalue weighted by Gasteiger charge is 2.32. The number of hydrogen-bond donors (Lipinski definition) is 1. The van der Waals surface area contributed by atoms with Gasteiger partial charge in [-0.1, -0.05) is 30.3 Å². The molecule has 122 valence electrons. The molecule has 1 atom stereocenters. The molecule has 0 fully saturated rings. The fourth-order valence-electron chi connectivity index (χ4n) is 3.46.